The van der Waals surface area contributed by atoms with Crippen molar-refractivity contribution in [3.8, 4) is 5.75 Å². The van der Waals surface area contributed by atoms with Gasteiger partial charge in [0.25, 0.3) is 5.91 Å². The fourth-order valence-electron chi connectivity index (χ4n) is 4.56. The van der Waals surface area contributed by atoms with E-state index in [4.69, 9.17) is 9.15 Å². The topological polar surface area (TPSA) is 88.9 Å². The minimum absolute atomic E-state index is 0.0281. The normalized spacial score (nSPS) is 20.3. The molecule has 1 fully saturated rings. The average Bonchev–Trinajstić information content (AvgIpc) is 3.31. The lowest BCUT2D eigenvalue weighted by atomic mass is 9.89. The lowest BCUT2D eigenvalue weighted by molar-refractivity contribution is -0.131. The van der Waals surface area contributed by atoms with E-state index in [1.807, 2.05) is 18.2 Å². The predicted molar refractivity (Wildman–Crippen MR) is 114 cm³/mol. The molecule has 1 aromatic heterocycles. The number of fused-ring (bicyclic) bond motifs is 2. The number of rotatable bonds is 4. The second-order valence-corrected chi connectivity index (χ2v) is 8.24. The SMILES string of the molecule is COc1ccc2c(CN3C(=O)NC(C)(c4ccc5c(c4)CCC5)C3=O)cc(=O)oc2c1. The average molecular weight is 418 g/mol. The van der Waals surface area contributed by atoms with Crippen LogP contribution in [0, 0.1) is 0 Å². The Morgan fingerprint density at radius 3 is 2.68 bits per heavy atom. The van der Waals surface area contributed by atoms with E-state index in [0.29, 0.717) is 22.3 Å². The number of hydrogen-bond acceptors (Lipinski definition) is 5. The Hall–Kier alpha value is -3.61. The van der Waals surface area contributed by atoms with Crippen molar-refractivity contribution in [3.05, 3.63) is 75.1 Å². The highest BCUT2D eigenvalue weighted by molar-refractivity contribution is 6.07. The molecule has 5 rings (SSSR count). The molecule has 7 heteroatoms. The fraction of sp³-hybridized carbons (Fsp3) is 0.292. The summed E-state index contributed by atoms with van der Waals surface area (Å²) in [5.74, 6) is 0.206. The van der Waals surface area contributed by atoms with E-state index in [1.54, 1.807) is 25.1 Å². The molecule has 1 saturated heterocycles. The Morgan fingerprint density at radius 1 is 1.06 bits per heavy atom. The van der Waals surface area contributed by atoms with Crippen LogP contribution in [0.3, 0.4) is 0 Å². The highest BCUT2D eigenvalue weighted by Crippen LogP contribution is 2.34. The monoisotopic (exact) mass is 418 g/mol. The van der Waals surface area contributed by atoms with Crippen LogP contribution in [0.5, 0.6) is 5.75 Å². The summed E-state index contributed by atoms with van der Waals surface area (Å²) in [5.41, 5.74) is 2.50. The summed E-state index contributed by atoms with van der Waals surface area (Å²) in [5, 5.41) is 3.50. The molecule has 0 radical (unpaired) electrons. The molecule has 2 heterocycles. The van der Waals surface area contributed by atoms with Crippen molar-refractivity contribution in [1.82, 2.24) is 10.2 Å². The van der Waals surface area contributed by atoms with Gasteiger partial charge in [0, 0.05) is 17.5 Å². The van der Waals surface area contributed by atoms with Gasteiger partial charge in [0.15, 0.2) is 0 Å². The number of hydrogen-bond donors (Lipinski definition) is 1. The van der Waals surface area contributed by atoms with Crippen molar-refractivity contribution in [2.24, 2.45) is 0 Å². The van der Waals surface area contributed by atoms with Crippen molar-refractivity contribution in [3.63, 3.8) is 0 Å². The molecule has 2 aromatic carbocycles. The Bertz CT molecular complexity index is 1290. The first-order valence-electron chi connectivity index (χ1n) is 10.3. The van der Waals surface area contributed by atoms with Crippen LogP contribution in [0.25, 0.3) is 11.0 Å². The Balaban J connectivity index is 1.50. The Morgan fingerprint density at radius 2 is 1.87 bits per heavy atom. The number of carbonyl (C=O) groups is 2. The quantitative estimate of drug-likeness (QED) is 0.519. The summed E-state index contributed by atoms with van der Waals surface area (Å²) in [6, 6.07) is 11.9. The third-order valence-corrected chi connectivity index (χ3v) is 6.32. The van der Waals surface area contributed by atoms with Crippen molar-refractivity contribution in [2.45, 2.75) is 38.3 Å². The molecule has 3 aromatic rings. The highest BCUT2D eigenvalue weighted by Gasteiger charge is 2.49. The number of amides is 3. The van der Waals surface area contributed by atoms with Gasteiger partial charge in [-0.05, 0) is 60.6 Å². The van der Waals surface area contributed by atoms with E-state index in [-0.39, 0.29) is 12.5 Å². The molecule has 0 spiro atoms. The number of methoxy groups -OCH3 is 1. The van der Waals surface area contributed by atoms with Gasteiger partial charge >= 0.3 is 11.7 Å². The molecule has 158 valence electrons. The van der Waals surface area contributed by atoms with Gasteiger partial charge in [-0.3, -0.25) is 9.69 Å². The summed E-state index contributed by atoms with van der Waals surface area (Å²) in [7, 11) is 1.52. The minimum atomic E-state index is -1.15. The fourth-order valence-corrected chi connectivity index (χ4v) is 4.56. The molecule has 3 amide bonds. The molecule has 0 bridgehead atoms. The summed E-state index contributed by atoms with van der Waals surface area (Å²) >= 11 is 0. The molecule has 1 aliphatic heterocycles. The third-order valence-electron chi connectivity index (χ3n) is 6.32. The predicted octanol–water partition coefficient (Wildman–Crippen LogP) is 3.26. The van der Waals surface area contributed by atoms with Crippen LogP contribution in [0.1, 0.15) is 35.6 Å². The van der Waals surface area contributed by atoms with E-state index in [0.717, 1.165) is 29.7 Å². The lowest BCUT2D eigenvalue weighted by Crippen LogP contribution is -2.41. The Labute approximate surface area is 178 Å². The van der Waals surface area contributed by atoms with Gasteiger partial charge in [-0.1, -0.05) is 18.2 Å². The molecule has 7 nitrogen and oxygen atoms in total. The third kappa shape index (κ3) is 3.08. The van der Waals surface area contributed by atoms with Crippen molar-refractivity contribution < 1.29 is 18.7 Å². The largest absolute Gasteiger partial charge is 0.497 e. The highest BCUT2D eigenvalue weighted by atomic mass is 16.5. The summed E-state index contributed by atoms with van der Waals surface area (Å²) in [6.45, 7) is 1.70. The lowest BCUT2D eigenvalue weighted by Gasteiger charge is -2.23. The first-order chi connectivity index (χ1) is 14.9. The summed E-state index contributed by atoms with van der Waals surface area (Å²) < 4.78 is 10.5. The number of nitrogens with zero attached hydrogens (tertiary/aromatic N) is 1. The minimum Gasteiger partial charge on any atom is -0.497 e. The van der Waals surface area contributed by atoms with E-state index in [9.17, 15) is 14.4 Å². The number of aryl methyl sites for hydroxylation is 2. The van der Waals surface area contributed by atoms with Gasteiger partial charge < -0.3 is 14.5 Å². The first kappa shape index (κ1) is 19.4. The molecule has 1 N–H and O–H groups in total. The van der Waals surface area contributed by atoms with Crippen molar-refractivity contribution in [1.29, 1.82) is 0 Å². The molecular weight excluding hydrogens is 396 g/mol. The maximum absolute atomic E-state index is 13.4. The number of nitrogens with one attached hydrogen (secondary N) is 1. The molecule has 1 atom stereocenters. The summed E-state index contributed by atoms with van der Waals surface area (Å²) in [6.07, 6.45) is 3.14. The molecule has 0 saturated carbocycles. The molecule has 31 heavy (non-hydrogen) atoms. The molecule has 1 aliphatic carbocycles. The maximum atomic E-state index is 13.4. The van der Waals surface area contributed by atoms with Crippen LogP contribution in [-0.2, 0) is 29.7 Å². The van der Waals surface area contributed by atoms with Crippen LogP contribution in [-0.4, -0.2) is 23.9 Å². The molecule has 1 unspecified atom stereocenters. The van der Waals surface area contributed by atoms with Crippen molar-refractivity contribution in [2.75, 3.05) is 7.11 Å². The Kier molecular flexibility index (Phi) is 4.36. The van der Waals surface area contributed by atoms with Crippen LogP contribution >= 0.6 is 0 Å². The van der Waals surface area contributed by atoms with E-state index >= 15 is 0 Å². The second-order valence-electron chi connectivity index (χ2n) is 8.24. The zero-order valence-corrected chi connectivity index (χ0v) is 17.4. The summed E-state index contributed by atoms with van der Waals surface area (Å²) in [4.78, 5) is 39.4. The standard InChI is InChI=1S/C24H22N2O5/c1-24(17-7-6-14-4-3-5-15(14)10-17)22(28)26(23(29)25-24)13-16-11-21(27)31-20-12-18(30-2)8-9-19(16)20/h6-12H,3-5,13H2,1-2H3,(H,25,29). The van der Waals surface area contributed by atoms with Gasteiger partial charge in [-0.15, -0.1) is 0 Å². The molecule has 2 aliphatic rings. The number of benzene rings is 2. The number of urea groups is 1. The van der Waals surface area contributed by atoms with Gasteiger partial charge in [-0.25, -0.2) is 9.59 Å². The zero-order valence-electron chi connectivity index (χ0n) is 17.4. The van der Waals surface area contributed by atoms with E-state index in [2.05, 4.69) is 5.32 Å². The van der Waals surface area contributed by atoms with Crippen molar-refractivity contribution >= 4 is 22.9 Å². The van der Waals surface area contributed by atoms with Crippen LogP contribution in [0.15, 0.2) is 51.7 Å². The van der Waals surface area contributed by atoms with Gasteiger partial charge in [0.2, 0.25) is 0 Å². The van der Waals surface area contributed by atoms with Gasteiger partial charge in [0.05, 0.1) is 13.7 Å². The van der Waals surface area contributed by atoms with Gasteiger partial charge in [-0.2, -0.15) is 0 Å². The number of carbonyl (C=O) groups excluding carboxylic acids is 2. The van der Waals surface area contributed by atoms with Gasteiger partial charge in [0.1, 0.15) is 16.9 Å². The van der Waals surface area contributed by atoms with Crippen LogP contribution < -0.4 is 15.7 Å². The van der Waals surface area contributed by atoms with Crippen LogP contribution in [0.2, 0.25) is 0 Å². The number of ether oxygens (including phenoxy) is 1. The number of imide groups is 1. The van der Waals surface area contributed by atoms with E-state index in [1.165, 1.54) is 24.3 Å². The first-order valence-corrected chi connectivity index (χ1v) is 10.3. The van der Waals surface area contributed by atoms with E-state index < -0.39 is 17.2 Å². The second kappa shape index (κ2) is 6.97. The van der Waals surface area contributed by atoms with Crippen LogP contribution in [0.4, 0.5) is 4.79 Å². The zero-order chi connectivity index (χ0) is 21.8. The maximum Gasteiger partial charge on any atom is 0.336 e. The molecular formula is C24H22N2O5. The smallest absolute Gasteiger partial charge is 0.336 e.